The van der Waals surface area contributed by atoms with Crippen LogP contribution in [0.2, 0.25) is 0 Å². The fraction of sp³-hybridized carbons (Fsp3) is 0.111. The third-order valence-corrected chi connectivity index (χ3v) is 4.01. The van der Waals surface area contributed by atoms with Crippen LogP contribution in [0.1, 0.15) is 6.42 Å². The number of hydrogen-bond acceptors (Lipinski definition) is 2. The van der Waals surface area contributed by atoms with Crippen LogP contribution in [-0.4, -0.2) is 7.05 Å². The summed E-state index contributed by atoms with van der Waals surface area (Å²) in [6.07, 6.45) is 5.45. The molecule has 2 nitrogen and oxygen atoms in total. The number of hydrogen-bond donors (Lipinski definition) is 0. The molecule has 1 aliphatic carbocycles. The fourth-order valence-electron chi connectivity index (χ4n) is 3.08. The molecule has 2 aromatic rings. The maximum absolute atomic E-state index is 2.38. The Morgan fingerprint density at radius 2 is 1.55 bits per heavy atom. The lowest BCUT2D eigenvalue weighted by molar-refractivity contribution is 0.990. The first-order valence-electron chi connectivity index (χ1n) is 6.94. The fourth-order valence-corrected chi connectivity index (χ4v) is 3.08. The second kappa shape index (κ2) is 4.27. The molecule has 2 aliphatic rings. The van der Waals surface area contributed by atoms with E-state index in [2.05, 4.69) is 83.6 Å². The number of benzene rings is 2. The first-order chi connectivity index (χ1) is 9.86. The minimum Gasteiger partial charge on any atom is -0.341 e. The molecule has 2 heteroatoms. The number of allylic oxidation sites excluding steroid dienone is 2. The van der Waals surface area contributed by atoms with Gasteiger partial charge in [0.05, 0.1) is 22.8 Å². The number of rotatable bonds is 1. The van der Waals surface area contributed by atoms with E-state index in [-0.39, 0.29) is 0 Å². The van der Waals surface area contributed by atoms with Crippen LogP contribution in [0.15, 0.2) is 78.1 Å². The van der Waals surface area contributed by atoms with Gasteiger partial charge in [0.25, 0.3) is 0 Å². The van der Waals surface area contributed by atoms with Gasteiger partial charge in [0.15, 0.2) is 0 Å². The molecule has 0 amide bonds. The number of likely N-dealkylation sites (N-methyl/N-ethyl adjacent to an activating group) is 1. The Labute approximate surface area is 119 Å². The Morgan fingerprint density at radius 3 is 2.35 bits per heavy atom. The average Bonchev–Trinajstić information content (AvgIpc) is 2.98. The molecule has 0 saturated carbocycles. The lowest BCUT2D eigenvalue weighted by Crippen LogP contribution is -2.29. The predicted octanol–water partition coefficient (Wildman–Crippen LogP) is 4.45. The molecule has 1 aliphatic heterocycles. The number of nitrogens with zero attached hydrogens (tertiary/aromatic N) is 2. The SMILES string of the molecule is CN1C2=C(CC=C2)N(c2ccccc2)c2ccccc21. The van der Waals surface area contributed by atoms with Crippen LogP contribution in [0.3, 0.4) is 0 Å². The molecule has 2 aromatic carbocycles. The minimum atomic E-state index is 0.989. The van der Waals surface area contributed by atoms with E-state index in [1.165, 1.54) is 28.5 Å². The van der Waals surface area contributed by atoms with Crippen molar-refractivity contribution in [2.75, 3.05) is 16.8 Å². The van der Waals surface area contributed by atoms with Crippen LogP contribution in [0.4, 0.5) is 17.1 Å². The maximum Gasteiger partial charge on any atom is 0.0696 e. The summed E-state index contributed by atoms with van der Waals surface area (Å²) < 4.78 is 0. The van der Waals surface area contributed by atoms with Gasteiger partial charge >= 0.3 is 0 Å². The molecule has 0 N–H and O–H groups in total. The van der Waals surface area contributed by atoms with Crippen LogP contribution >= 0.6 is 0 Å². The first kappa shape index (κ1) is 11.4. The van der Waals surface area contributed by atoms with Crippen LogP contribution in [-0.2, 0) is 0 Å². The van der Waals surface area contributed by atoms with E-state index in [1.807, 2.05) is 0 Å². The molecular weight excluding hydrogens is 244 g/mol. The summed E-state index contributed by atoms with van der Waals surface area (Å²) in [4.78, 5) is 4.66. The quantitative estimate of drug-likeness (QED) is 0.747. The summed E-state index contributed by atoms with van der Waals surface area (Å²) >= 11 is 0. The highest BCUT2D eigenvalue weighted by Crippen LogP contribution is 2.45. The zero-order valence-electron chi connectivity index (χ0n) is 11.5. The van der Waals surface area contributed by atoms with Crippen LogP contribution in [0, 0.1) is 0 Å². The summed E-state index contributed by atoms with van der Waals surface area (Å²) in [7, 11) is 2.14. The molecule has 0 spiro atoms. The Morgan fingerprint density at radius 1 is 0.850 bits per heavy atom. The molecule has 0 bridgehead atoms. The predicted molar refractivity (Wildman–Crippen MR) is 84.2 cm³/mol. The summed E-state index contributed by atoms with van der Waals surface area (Å²) in [6, 6.07) is 19.2. The van der Waals surface area contributed by atoms with Gasteiger partial charge in [-0.15, -0.1) is 0 Å². The molecule has 0 fully saturated rings. The monoisotopic (exact) mass is 260 g/mol. The molecule has 0 unspecified atom stereocenters. The summed E-state index contributed by atoms with van der Waals surface area (Å²) in [5.74, 6) is 0. The molecule has 1 heterocycles. The Bertz CT molecular complexity index is 713. The smallest absolute Gasteiger partial charge is 0.0696 e. The van der Waals surface area contributed by atoms with Gasteiger partial charge in [0.2, 0.25) is 0 Å². The van der Waals surface area contributed by atoms with Crippen molar-refractivity contribution in [1.29, 1.82) is 0 Å². The van der Waals surface area contributed by atoms with Gasteiger partial charge < -0.3 is 9.80 Å². The normalized spacial score (nSPS) is 16.4. The van der Waals surface area contributed by atoms with Gasteiger partial charge in [0, 0.05) is 19.2 Å². The van der Waals surface area contributed by atoms with E-state index in [9.17, 15) is 0 Å². The zero-order valence-corrected chi connectivity index (χ0v) is 11.5. The summed E-state index contributed by atoms with van der Waals surface area (Å²) in [5, 5.41) is 0. The summed E-state index contributed by atoms with van der Waals surface area (Å²) in [5.41, 5.74) is 6.39. The molecule has 0 atom stereocenters. The molecule has 0 saturated heterocycles. The number of para-hydroxylation sites is 3. The van der Waals surface area contributed by atoms with Gasteiger partial charge in [-0.05, 0) is 30.3 Å². The Balaban J connectivity index is 1.96. The van der Waals surface area contributed by atoms with Gasteiger partial charge in [-0.2, -0.15) is 0 Å². The lowest BCUT2D eigenvalue weighted by atomic mass is 10.1. The van der Waals surface area contributed by atoms with Crippen molar-refractivity contribution in [2.24, 2.45) is 0 Å². The molecule has 20 heavy (non-hydrogen) atoms. The van der Waals surface area contributed by atoms with E-state index in [0.717, 1.165) is 6.42 Å². The molecular formula is C18H16N2. The van der Waals surface area contributed by atoms with Crippen molar-refractivity contribution in [2.45, 2.75) is 6.42 Å². The van der Waals surface area contributed by atoms with Gasteiger partial charge in [-0.25, -0.2) is 0 Å². The van der Waals surface area contributed by atoms with Gasteiger partial charge in [0.1, 0.15) is 0 Å². The molecule has 0 radical (unpaired) electrons. The van der Waals surface area contributed by atoms with E-state index >= 15 is 0 Å². The van der Waals surface area contributed by atoms with Crippen molar-refractivity contribution in [3.8, 4) is 0 Å². The molecule has 98 valence electrons. The van der Waals surface area contributed by atoms with E-state index in [1.54, 1.807) is 0 Å². The van der Waals surface area contributed by atoms with E-state index in [0.29, 0.717) is 0 Å². The second-order valence-electron chi connectivity index (χ2n) is 5.16. The van der Waals surface area contributed by atoms with Crippen molar-refractivity contribution in [1.82, 2.24) is 0 Å². The highest BCUT2D eigenvalue weighted by Gasteiger charge is 2.29. The van der Waals surface area contributed by atoms with E-state index in [4.69, 9.17) is 0 Å². The summed E-state index contributed by atoms with van der Waals surface area (Å²) in [6.45, 7) is 0. The third-order valence-electron chi connectivity index (χ3n) is 4.01. The van der Waals surface area contributed by atoms with Gasteiger partial charge in [-0.3, -0.25) is 0 Å². The Kier molecular flexibility index (Phi) is 2.43. The van der Waals surface area contributed by atoms with Crippen molar-refractivity contribution in [3.63, 3.8) is 0 Å². The zero-order chi connectivity index (χ0) is 13.5. The standard InChI is InChI=1S/C18H16N2/c1-19-15-10-5-6-11-17(15)20(14-8-3-2-4-9-14)18-13-7-12-16(18)19/h2-12H,13H2,1H3. The molecule has 4 rings (SSSR count). The number of anilines is 3. The first-order valence-corrected chi connectivity index (χ1v) is 6.94. The minimum absolute atomic E-state index is 0.989. The van der Waals surface area contributed by atoms with Crippen LogP contribution < -0.4 is 9.80 Å². The largest absolute Gasteiger partial charge is 0.341 e. The highest BCUT2D eigenvalue weighted by atomic mass is 15.3. The maximum atomic E-state index is 2.38. The van der Waals surface area contributed by atoms with Crippen LogP contribution in [0.5, 0.6) is 0 Å². The van der Waals surface area contributed by atoms with Gasteiger partial charge in [-0.1, -0.05) is 36.4 Å². The van der Waals surface area contributed by atoms with Crippen molar-refractivity contribution >= 4 is 17.1 Å². The van der Waals surface area contributed by atoms with Crippen molar-refractivity contribution in [3.05, 3.63) is 78.1 Å². The van der Waals surface area contributed by atoms with E-state index < -0.39 is 0 Å². The van der Waals surface area contributed by atoms with Crippen molar-refractivity contribution < 1.29 is 0 Å². The molecule has 0 aromatic heterocycles. The third kappa shape index (κ3) is 1.51. The lowest BCUT2D eigenvalue weighted by Gasteiger charge is -2.38. The topological polar surface area (TPSA) is 6.48 Å². The Hall–Kier alpha value is -2.48. The number of fused-ring (bicyclic) bond motifs is 1. The second-order valence-corrected chi connectivity index (χ2v) is 5.16. The highest BCUT2D eigenvalue weighted by molar-refractivity contribution is 5.86. The average molecular weight is 260 g/mol. The van der Waals surface area contributed by atoms with Crippen LogP contribution in [0.25, 0.3) is 0 Å².